The molecule has 0 heterocycles. The zero-order valence-corrected chi connectivity index (χ0v) is 11.8. The van der Waals surface area contributed by atoms with Gasteiger partial charge in [0.05, 0.1) is 0 Å². The Balaban J connectivity index is 3.09. The summed E-state index contributed by atoms with van der Waals surface area (Å²) >= 11 is 0. The van der Waals surface area contributed by atoms with Crippen LogP contribution >= 0.6 is 0 Å². The molecule has 0 saturated heterocycles. The largest absolute Gasteiger partial charge is 0.0654 e. The smallest absolute Gasteiger partial charge is 0.0267 e. The summed E-state index contributed by atoms with van der Waals surface area (Å²) in [6.07, 6.45) is 17.3. The fourth-order valence-corrected chi connectivity index (χ4v) is 2.11. The van der Waals surface area contributed by atoms with Gasteiger partial charge in [-0.15, -0.1) is 0 Å². The fraction of sp³-hybridized carbons (Fsp3) is 1.00. The molecule has 0 radical (unpaired) electrons. The first-order chi connectivity index (χ1) is 8.31. The molecule has 0 heteroatoms. The predicted molar refractivity (Wildman–Crippen MR) is 76.0 cm³/mol. The molecular formula is C16H34. The third kappa shape index (κ3) is 14.0. The van der Waals surface area contributed by atoms with Gasteiger partial charge >= 0.3 is 0 Å². The van der Waals surface area contributed by atoms with Crippen molar-refractivity contribution in [2.75, 3.05) is 0 Å². The van der Waals surface area contributed by atoms with Crippen molar-refractivity contribution in [1.82, 2.24) is 0 Å². The number of hydrogen-bond donors (Lipinski definition) is 0. The van der Waals surface area contributed by atoms with Crippen LogP contribution in [0.25, 0.3) is 0 Å². The Morgan fingerprint density at radius 2 is 0.812 bits per heavy atom. The maximum absolute atomic E-state index is 7.97. The van der Waals surface area contributed by atoms with E-state index in [9.17, 15) is 0 Å². The standard InChI is InChI=1S/C16H34/c1-3-5-7-9-11-13-15-16-14-12-10-8-6-4-2/h3-16H2,1-2H3/i15T. The molecule has 0 N–H and O–H groups in total. The number of hydrogen-bond acceptors (Lipinski definition) is 0. The van der Waals surface area contributed by atoms with Crippen molar-refractivity contribution in [2.24, 2.45) is 0 Å². The van der Waals surface area contributed by atoms with Gasteiger partial charge in [-0.1, -0.05) is 104 Å². The van der Waals surface area contributed by atoms with Gasteiger partial charge in [0, 0.05) is 1.37 Å². The van der Waals surface area contributed by atoms with Gasteiger partial charge in [0.1, 0.15) is 0 Å². The van der Waals surface area contributed by atoms with Crippen LogP contribution in [0.4, 0.5) is 0 Å². The fourth-order valence-electron chi connectivity index (χ4n) is 2.11. The van der Waals surface area contributed by atoms with E-state index >= 15 is 0 Å². The maximum Gasteiger partial charge on any atom is 0.0267 e. The van der Waals surface area contributed by atoms with E-state index in [4.69, 9.17) is 1.37 Å². The Morgan fingerprint density at radius 3 is 1.19 bits per heavy atom. The molecule has 0 aliphatic rings. The summed E-state index contributed by atoms with van der Waals surface area (Å²) in [5.41, 5.74) is 0. The lowest BCUT2D eigenvalue weighted by atomic mass is 10.0. The van der Waals surface area contributed by atoms with Gasteiger partial charge in [0.15, 0.2) is 0 Å². The topological polar surface area (TPSA) is 0 Å². The van der Waals surface area contributed by atoms with E-state index in [2.05, 4.69) is 13.8 Å². The lowest BCUT2D eigenvalue weighted by Gasteiger charge is -2.02. The second-order valence-electron chi connectivity index (χ2n) is 5.05. The Kier molecular flexibility index (Phi) is 13.2. The molecule has 0 bridgehead atoms. The van der Waals surface area contributed by atoms with Crippen LogP contribution in [0.5, 0.6) is 0 Å². The Bertz CT molecular complexity index is 133. The van der Waals surface area contributed by atoms with Crippen molar-refractivity contribution in [3.8, 4) is 0 Å². The van der Waals surface area contributed by atoms with Gasteiger partial charge < -0.3 is 0 Å². The molecule has 0 rings (SSSR count). The molecule has 0 amide bonds. The minimum atomic E-state index is 0.225. The summed E-state index contributed by atoms with van der Waals surface area (Å²) < 4.78 is 7.97. The summed E-state index contributed by atoms with van der Waals surface area (Å²) in [7, 11) is 0. The van der Waals surface area contributed by atoms with Gasteiger partial charge in [-0.05, 0) is 0 Å². The van der Waals surface area contributed by atoms with E-state index in [1.165, 1.54) is 70.6 Å². The first-order valence-electron chi connectivity index (χ1n) is 8.31. The Morgan fingerprint density at radius 1 is 0.500 bits per heavy atom. The highest BCUT2D eigenvalue weighted by atomic mass is 14.0. The maximum atomic E-state index is 7.97. The minimum absolute atomic E-state index is 0.225. The minimum Gasteiger partial charge on any atom is -0.0654 e. The SMILES string of the molecule is [3H]C(CCCCCCC)CCCCCCCC. The highest BCUT2D eigenvalue weighted by molar-refractivity contribution is 4.48. The molecule has 0 nitrogen and oxygen atoms in total. The molecular weight excluding hydrogens is 192 g/mol. The Labute approximate surface area is 106 Å². The van der Waals surface area contributed by atoms with Crippen LogP contribution in [-0.2, 0) is 0 Å². The molecule has 0 aliphatic carbocycles. The average Bonchev–Trinajstić information content (AvgIpc) is 2.33. The molecule has 0 aromatic rings. The van der Waals surface area contributed by atoms with E-state index in [0.717, 1.165) is 12.8 Å². The van der Waals surface area contributed by atoms with Crippen molar-refractivity contribution in [1.29, 1.82) is 0 Å². The highest BCUT2D eigenvalue weighted by Gasteiger charge is 1.92. The number of rotatable bonds is 13. The molecule has 98 valence electrons. The summed E-state index contributed by atoms with van der Waals surface area (Å²) in [4.78, 5) is 0. The van der Waals surface area contributed by atoms with Crippen molar-refractivity contribution in [3.05, 3.63) is 0 Å². The summed E-state index contributed by atoms with van der Waals surface area (Å²) in [5, 5.41) is 0. The molecule has 1 unspecified atom stereocenters. The highest BCUT2D eigenvalue weighted by Crippen LogP contribution is 2.12. The van der Waals surface area contributed by atoms with Crippen molar-refractivity contribution >= 4 is 0 Å². The second kappa shape index (κ2) is 15.0. The van der Waals surface area contributed by atoms with Crippen LogP contribution in [0.15, 0.2) is 0 Å². The van der Waals surface area contributed by atoms with Gasteiger partial charge in [0.2, 0.25) is 0 Å². The normalized spacial score (nSPS) is 13.8. The third-order valence-electron chi connectivity index (χ3n) is 3.27. The summed E-state index contributed by atoms with van der Waals surface area (Å²) in [6.45, 7) is 4.52. The van der Waals surface area contributed by atoms with Crippen molar-refractivity contribution in [2.45, 2.75) is 104 Å². The predicted octanol–water partition coefficient (Wildman–Crippen LogP) is 6.49. The van der Waals surface area contributed by atoms with Crippen LogP contribution in [0.2, 0.25) is 0 Å². The average molecular weight is 228 g/mol. The monoisotopic (exact) mass is 228 g/mol. The van der Waals surface area contributed by atoms with Gasteiger partial charge in [-0.3, -0.25) is 0 Å². The molecule has 0 aliphatic heterocycles. The lowest BCUT2D eigenvalue weighted by molar-refractivity contribution is 0.538. The van der Waals surface area contributed by atoms with Gasteiger partial charge in [-0.2, -0.15) is 0 Å². The van der Waals surface area contributed by atoms with Gasteiger partial charge in [0.25, 0.3) is 0 Å². The summed E-state index contributed by atoms with van der Waals surface area (Å²) in [6, 6.07) is 0. The van der Waals surface area contributed by atoms with Crippen LogP contribution in [-0.4, -0.2) is 0 Å². The summed E-state index contributed by atoms with van der Waals surface area (Å²) in [5.74, 6) is 0. The molecule has 1 atom stereocenters. The quantitative estimate of drug-likeness (QED) is 0.316. The molecule has 16 heavy (non-hydrogen) atoms. The first-order valence-corrected chi connectivity index (χ1v) is 7.73. The molecule has 0 aromatic carbocycles. The third-order valence-corrected chi connectivity index (χ3v) is 3.27. The van der Waals surface area contributed by atoms with E-state index in [1.807, 2.05) is 0 Å². The second-order valence-corrected chi connectivity index (χ2v) is 5.05. The van der Waals surface area contributed by atoms with E-state index in [1.54, 1.807) is 0 Å². The van der Waals surface area contributed by atoms with Crippen molar-refractivity contribution < 1.29 is 1.37 Å². The van der Waals surface area contributed by atoms with E-state index < -0.39 is 0 Å². The zero-order chi connectivity index (χ0) is 12.8. The van der Waals surface area contributed by atoms with Crippen LogP contribution in [0.3, 0.4) is 0 Å². The molecule has 0 spiro atoms. The first kappa shape index (κ1) is 14.1. The number of unbranched alkanes of at least 4 members (excludes halogenated alkanes) is 9. The van der Waals surface area contributed by atoms with Crippen LogP contribution < -0.4 is 0 Å². The lowest BCUT2D eigenvalue weighted by Crippen LogP contribution is -1.82. The van der Waals surface area contributed by atoms with Crippen molar-refractivity contribution in [3.63, 3.8) is 0 Å². The Hall–Kier alpha value is 0. The molecule has 0 saturated carbocycles. The molecule has 0 fully saturated rings. The van der Waals surface area contributed by atoms with Crippen LogP contribution in [0, 0.1) is 0 Å². The van der Waals surface area contributed by atoms with E-state index in [-0.39, 0.29) is 6.40 Å². The molecule has 0 aromatic heterocycles. The van der Waals surface area contributed by atoms with Crippen LogP contribution in [0.1, 0.15) is 105 Å². The zero-order valence-electron chi connectivity index (χ0n) is 12.8. The van der Waals surface area contributed by atoms with E-state index in [0.29, 0.717) is 0 Å². The van der Waals surface area contributed by atoms with Gasteiger partial charge in [-0.25, -0.2) is 0 Å².